The van der Waals surface area contributed by atoms with Crippen LogP contribution in [-0.4, -0.2) is 48.4 Å². The largest absolute Gasteiger partial charge is 0.368 e. The molecule has 1 N–H and O–H groups in total. The van der Waals surface area contributed by atoms with E-state index in [1.54, 1.807) is 11.8 Å². The summed E-state index contributed by atoms with van der Waals surface area (Å²) in [5.74, 6) is 1.03. The minimum atomic E-state index is 0.750. The van der Waals surface area contributed by atoms with Crippen molar-refractivity contribution in [2.75, 3.05) is 43.4 Å². The van der Waals surface area contributed by atoms with Crippen LogP contribution in [0.1, 0.15) is 6.42 Å². The molecule has 0 spiro atoms. The molecule has 142 valence electrons. The van der Waals surface area contributed by atoms with Crippen molar-refractivity contribution in [3.8, 4) is 0 Å². The molecule has 2 heterocycles. The monoisotopic (exact) mass is 419 g/mol. The molecule has 0 saturated carbocycles. The number of fused-ring (bicyclic) bond motifs is 1. The van der Waals surface area contributed by atoms with Crippen molar-refractivity contribution in [3.63, 3.8) is 0 Å². The Balaban J connectivity index is 1.25. The summed E-state index contributed by atoms with van der Waals surface area (Å²) >= 11 is 14.2. The minimum Gasteiger partial charge on any atom is -0.368 e. The van der Waals surface area contributed by atoms with Gasteiger partial charge in [-0.3, -0.25) is 4.90 Å². The minimum absolute atomic E-state index is 0.750. The van der Waals surface area contributed by atoms with Crippen LogP contribution in [0.5, 0.6) is 0 Å². The average Bonchev–Trinajstić information content (AvgIpc) is 3.16. The quantitative estimate of drug-likeness (QED) is 0.404. The average molecular weight is 420 g/mol. The molecule has 1 aliphatic rings. The Labute approximate surface area is 174 Å². The zero-order valence-electron chi connectivity index (χ0n) is 15.1. The summed E-state index contributed by atoms with van der Waals surface area (Å²) in [6, 6.07) is 14.4. The number of aromatic amines is 1. The van der Waals surface area contributed by atoms with Gasteiger partial charge in [-0.2, -0.15) is 0 Å². The van der Waals surface area contributed by atoms with E-state index in [4.69, 9.17) is 23.2 Å². The fourth-order valence-electron chi connectivity index (χ4n) is 3.64. The van der Waals surface area contributed by atoms with Crippen LogP contribution < -0.4 is 4.90 Å². The third kappa shape index (κ3) is 4.40. The highest BCUT2D eigenvalue weighted by atomic mass is 35.5. The SMILES string of the molecule is Clc1cccc(Cl)c1SCCCN1CCN(c2cccc3[nH]ccc23)CC1. The Morgan fingerprint density at radius 3 is 2.44 bits per heavy atom. The van der Waals surface area contributed by atoms with Gasteiger partial charge >= 0.3 is 0 Å². The van der Waals surface area contributed by atoms with Crippen LogP contribution in [0.15, 0.2) is 53.6 Å². The second-order valence-electron chi connectivity index (χ2n) is 6.80. The van der Waals surface area contributed by atoms with Crippen LogP contribution in [0.4, 0.5) is 5.69 Å². The zero-order valence-corrected chi connectivity index (χ0v) is 17.5. The van der Waals surface area contributed by atoms with E-state index in [0.717, 1.165) is 59.8 Å². The lowest BCUT2D eigenvalue weighted by Crippen LogP contribution is -2.46. The van der Waals surface area contributed by atoms with E-state index in [9.17, 15) is 0 Å². The Morgan fingerprint density at radius 1 is 0.926 bits per heavy atom. The van der Waals surface area contributed by atoms with Crippen molar-refractivity contribution in [3.05, 3.63) is 58.7 Å². The number of hydrogen-bond donors (Lipinski definition) is 1. The Bertz CT molecular complexity index is 883. The molecule has 3 aromatic rings. The molecule has 0 atom stereocenters. The van der Waals surface area contributed by atoms with E-state index in [1.165, 1.54) is 16.6 Å². The normalized spacial score (nSPS) is 15.6. The van der Waals surface area contributed by atoms with E-state index < -0.39 is 0 Å². The Hall–Kier alpha value is -1.33. The van der Waals surface area contributed by atoms with Gasteiger partial charge in [0.25, 0.3) is 0 Å². The molecule has 1 aliphatic heterocycles. The number of benzene rings is 2. The first-order chi connectivity index (χ1) is 13.2. The molecule has 6 heteroatoms. The maximum Gasteiger partial charge on any atom is 0.0556 e. The van der Waals surface area contributed by atoms with Gasteiger partial charge in [0.05, 0.1) is 10.0 Å². The topological polar surface area (TPSA) is 22.3 Å². The first-order valence-electron chi connectivity index (χ1n) is 9.32. The van der Waals surface area contributed by atoms with Gasteiger partial charge in [-0.15, -0.1) is 11.8 Å². The van der Waals surface area contributed by atoms with E-state index in [2.05, 4.69) is 39.0 Å². The summed E-state index contributed by atoms with van der Waals surface area (Å²) in [7, 11) is 0. The van der Waals surface area contributed by atoms with Gasteiger partial charge in [-0.25, -0.2) is 0 Å². The van der Waals surface area contributed by atoms with E-state index in [1.807, 2.05) is 24.4 Å². The number of rotatable bonds is 6. The fraction of sp³-hybridized carbons (Fsp3) is 0.333. The molecule has 4 rings (SSSR count). The van der Waals surface area contributed by atoms with Crippen LogP contribution in [0.25, 0.3) is 10.9 Å². The van der Waals surface area contributed by atoms with Crippen LogP contribution in [0.3, 0.4) is 0 Å². The van der Waals surface area contributed by atoms with Gasteiger partial charge < -0.3 is 9.88 Å². The second kappa shape index (κ2) is 8.78. The molecule has 0 bridgehead atoms. The fourth-order valence-corrected chi connectivity index (χ4v) is 5.25. The lowest BCUT2D eigenvalue weighted by molar-refractivity contribution is 0.259. The number of thioether (sulfide) groups is 1. The molecule has 1 fully saturated rings. The molecule has 0 aliphatic carbocycles. The number of nitrogens with zero attached hydrogens (tertiary/aromatic N) is 2. The van der Waals surface area contributed by atoms with E-state index in [0.29, 0.717) is 0 Å². The van der Waals surface area contributed by atoms with Crippen LogP contribution >= 0.6 is 35.0 Å². The van der Waals surface area contributed by atoms with Crippen molar-refractivity contribution in [2.24, 2.45) is 0 Å². The predicted octanol–water partition coefficient (Wildman–Crippen LogP) is 5.78. The number of anilines is 1. The third-order valence-electron chi connectivity index (χ3n) is 5.07. The highest BCUT2D eigenvalue weighted by Gasteiger charge is 2.18. The van der Waals surface area contributed by atoms with Gasteiger partial charge in [-0.1, -0.05) is 35.3 Å². The molecule has 1 aromatic heterocycles. The van der Waals surface area contributed by atoms with E-state index >= 15 is 0 Å². The van der Waals surface area contributed by atoms with E-state index in [-0.39, 0.29) is 0 Å². The van der Waals surface area contributed by atoms with Gasteiger partial charge in [0.2, 0.25) is 0 Å². The number of piperazine rings is 1. The van der Waals surface area contributed by atoms with Crippen LogP contribution in [0.2, 0.25) is 10.0 Å². The molecule has 1 saturated heterocycles. The number of halogens is 2. The van der Waals surface area contributed by atoms with Gasteiger partial charge in [-0.05, 0) is 49.1 Å². The van der Waals surface area contributed by atoms with Crippen molar-refractivity contribution in [2.45, 2.75) is 11.3 Å². The predicted molar refractivity (Wildman–Crippen MR) is 119 cm³/mol. The summed E-state index contributed by atoms with van der Waals surface area (Å²) in [6.45, 7) is 5.50. The smallest absolute Gasteiger partial charge is 0.0556 e. The highest BCUT2D eigenvalue weighted by Crippen LogP contribution is 2.34. The first-order valence-corrected chi connectivity index (χ1v) is 11.1. The first kappa shape index (κ1) is 19.0. The highest BCUT2D eigenvalue weighted by molar-refractivity contribution is 7.99. The van der Waals surface area contributed by atoms with Gasteiger partial charge in [0.1, 0.15) is 0 Å². The maximum atomic E-state index is 6.24. The summed E-state index contributed by atoms with van der Waals surface area (Å²) < 4.78 is 0. The summed E-state index contributed by atoms with van der Waals surface area (Å²) in [4.78, 5) is 9.37. The zero-order chi connectivity index (χ0) is 18.6. The summed E-state index contributed by atoms with van der Waals surface area (Å²) in [5, 5.41) is 2.82. The Morgan fingerprint density at radius 2 is 1.67 bits per heavy atom. The lowest BCUT2D eigenvalue weighted by atomic mass is 10.1. The Kier molecular flexibility index (Phi) is 6.18. The maximum absolute atomic E-state index is 6.24. The summed E-state index contributed by atoms with van der Waals surface area (Å²) in [5.41, 5.74) is 2.56. The molecule has 0 radical (unpaired) electrons. The van der Waals surface area contributed by atoms with Crippen molar-refractivity contribution in [1.29, 1.82) is 0 Å². The number of aromatic nitrogens is 1. The standard InChI is InChI=1S/C21H23Cl2N3S/c22-17-4-1-5-18(23)21(17)27-15-3-10-25-11-13-26(14-12-25)20-7-2-6-19-16(20)8-9-24-19/h1-2,4-9,24H,3,10-15H2. The van der Waals surface area contributed by atoms with Gasteiger partial charge in [0, 0.05) is 53.9 Å². The third-order valence-corrected chi connectivity index (χ3v) is 7.14. The number of nitrogens with one attached hydrogen (secondary N) is 1. The van der Waals surface area contributed by atoms with Gasteiger partial charge in [0.15, 0.2) is 0 Å². The second-order valence-corrected chi connectivity index (χ2v) is 8.72. The van der Waals surface area contributed by atoms with Crippen LogP contribution in [-0.2, 0) is 0 Å². The number of hydrogen-bond acceptors (Lipinski definition) is 3. The van der Waals surface area contributed by atoms with Crippen molar-refractivity contribution < 1.29 is 0 Å². The van der Waals surface area contributed by atoms with Crippen molar-refractivity contribution >= 4 is 51.6 Å². The lowest BCUT2D eigenvalue weighted by Gasteiger charge is -2.36. The molecular formula is C21H23Cl2N3S. The van der Waals surface area contributed by atoms with Crippen molar-refractivity contribution in [1.82, 2.24) is 9.88 Å². The molecule has 0 amide bonds. The number of H-pyrrole nitrogens is 1. The molecule has 27 heavy (non-hydrogen) atoms. The van der Waals surface area contributed by atoms with Crippen LogP contribution in [0, 0.1) is 0 Å². The molecular weight excluding hydrogens is 397 g/mol. The molecule has 3 nitrogen and oxygen atoms in total. The summed E-state index contributed by atoms with van der Waals surface area (Å²) in [6.07, 6.45) is 3.16. The molecule has 2 aromatic carbocycles. The molecule has 0 unspecified atom stereocenters.